The molecule has 0 saturated carbocycles. The molecule has 2 rings (SSSR count). The predicted octanol–water partition coefficient (Wildman–Crippen LogP) is 2.71. The van der Waals surface area contributed by atoms with E-state index >= 15 is 0 Å². The van der Waals surface area contributed by atoms with E-state index in [9.17, 15) is 15.0 Å². The zero-order valence-corrected chi connectivity index (χ0v) is 11.5. The van der Waals surface area contributed by atoms with Gasteiger partial charge in [0.1, 0.15) is 11.5 Å². The van der Waals surface area contributed by atoms with E-state index in [1.807, 2.05) is 19.9 Å². The molecule has 1 aromatic carbocycles. The molecule has 4 nitrogen and oxygen atoms in total. The van der Waals surface area contributed by atoms with Crippen LogP contribution >= 0.6 is 11.3 Å². The first-order chi connectivity index (χ1) is 8.95. The predicted molar refractivity (Wildman–Crippen MR) is 74.7 cm³/mol. The van der Waals surface area contributed by atoms with Crippen LogP contribution in [0.4, 0.5) is 0 Å². The van der Waals surface area contributed by atoms with Gasteiger partial charge in [0.05, 0.1) is 6.54 Å². The maximum atomic E-state index is 11.9. The van der Waals surface area contributed by atoms with Crippen LogP contribution in [0, 0.1) is 13.8 Å². The molecule has 5 heteroatoms. The third kappa shape index (κ3) is 3.26. The van der Waals surface area contributed by atoms with Crippen LogP contribution in [0.3, 0.4) is 0 Å². The number of amides is 1. The van der Waals surface area contributed by atoms with Crippen molar-refractivity contribution in [2.24, 2.45) is 0 Å². The number of hydrogen-bond acceptors (Lipinski definition) is 4. The lowest BCUT2D eigenvalue weighted by atomic mass is 10.2. The van der Waals surface area contributed by atoms with Crippen molar-refractivity contribution in [3.63, 3.8) is 0 Å². The van der Waals surface area contributed by atoms with E-state index in [0.29, 0.717) is 6.54 Å². The largest absolute Gasteiger partial charge is 0.508 e. The normalized spacial score (nSPS) is 10.4. The lowest BCUT2D eigenvalue weighted by molar-refractivity contribution is 0.0950. The molecule has 0 spiro atoms. The number of phenols is 2. The third-order valence-corrected chi connectivity index (χ3v) is 3.96. The Kier molecular flexibility index (Phi) is 3.76. The number of benzene rings is 1. The van der Waals surface area contributed by atoms with Gasteiger partial charge in [-0.15, -0.1) is 11.3 Å². The Bertz CT molecular complexity index is 579. The maximum Gasteiger partial charge on any atom is 0.251 e. The molecule has 0 atom stereocenters. The van der Waals surface area contributed by atoms with E-state index in [1.54, 1.807) is 11.3 Å². The Morgan fingerprint density at radius 1 is 1.16 bits per heavy atom. The van der Waals surface area contributed by atoms with Crippen LogP contribution in [0.1, 0.15) is 25.7 Å². The molecule has 0 saturated heterocycles. The van der Waals surface area contributed by atoms with Gasteiger partial charge in [-0.05, 0) is 37.6 Å². The number of hydrogen-bond donors (Lipinski definition) is 3. The fraction of sp³-hybridized carbons (Fsp3) is 0.214. The molecule has 1 aromatic heterocycles. The minimum absolute atomic E-state index is 0.132. The number of rotatable bonds is 3. The van der Waals surface area contributed by atoms with E-state index in [0.717, 1.165) is 4.88 Å². The summed E-state index contributed by atoms with van der Waals surface area (Å²) < 4.78 is 0. The third-order valence-electron chi connectivity index (χ3n) is 2.80. The highest BCUT2D eigenvalue weighted by molar-refractivity contribution is 7.12. The van der Waals surface area contributed by atoms with Crippen LogP contribution in [0.5, 0.6) is 11.5 Å². The van der Waals surface area contributed by atoms with E-state index in [4.69, 9.17) is 0 Å². The first-order valence-corrected chi connectivity index (χ1v) is 6.64. The van der Waals surface area contributed by atoms with Gasteiger partial charge in [0.15, 0.2) is 0 Å². The Balaban J connectivity index is 2.05. The molecule has 1 heterocycles. The molecule has 0 radical (unpaired) electrons. The summed E-state index contributed by atoms with van der Waals surface area (Å²) in [6.45, 7) is 4.51. The molecule has 100 valence electrons. The lowest BCUT2D eigenvalue weighted by Crippen LogP contribution is -2.22. The topological polar surface area (TPSA) is 69.6 Å². The number of thiophene rings is 1. The van der Waals surface area contributed by atoms with E-state index < -0.39 is 0 Å². The number of carbonyl (C=O) groups is 1. The fourth-order valence-corrected chi connectivity index (χ4v) is 2.73. The van der Waals surface area contributed by atoms with Gasteiger partial charge in [0.2, 0.25) is 0 Å². The SMILES string of the molecule is Cc1cc(CNC(=O)c2cc(O)cc(O)c2)sc1C. The van der Waals surface area contributed by atoms with Gasteiger partial charge in [0, 0.05) is 21.4 Å². The van der Waals surface area contributed by atoms with Crippen molar-refractivity contribution in [3.8, 4) is 11.5 Å². The summed E-state index contributed by atoms with van der Waals surface area (Å²) in [4.78, 5) is 14.2. The van der Waals surface area contributed by atoms with Gasteiger partial charge in [-0.2, -0.15) is 0 Å². The molecule has 0 unspecified atom stereocenters. The lowest BCUT2D eigenvalue weighted by Gasteiger charge is -2.05. The van der Waals surface area contributed by atoms with Crippen LogP contribution < -0.4 is 5.32 Å². The molecular formula is C14H15NO3S. The first-order valence-electron chi connectivity index (χ1n) is 5.83. The smallest absolute Gasteiger partial charge is 0.251 e. The van der Waals surface area contributed by atoms with Crippen molar-refractivity contribution in [2.45, 2.75) is 20.4 Å². The number of aryl methyl sites for hydroxylation is 2. The number of aromatic hydroxyl groups is 2. The van der Waals surface area contributed by atoms with E-state index in [2.05, 4.69) is 5.32 Å². The van der Waals surface area contributed by atoms with E-state index in [1.165, 1.54) is 28.6 Å². The molecule has 3 N–H and O–H groups in total. The minimum Gasteiger partial charge on any atom is -0.508 e. The zero-order chi connectivity index (χ0) is 14.0. The summed E-state index contributed by atoms with van der Waals surface area (Å²) in [7, 11) is 0. The van der Waals surface area contributed by atoms with Crippen molar-refractivity contribution in [2.75, 3.05) is 0 Å². The average Bonchev–Trinajstić information content (AvgIpc) is 2.64. The van der Waals surface area contributed by atoms with Gasteiger partial charge in [-0.3, -0.25) is 4.79 Å². The van der Waals surface area contributed by atoms with Gasteiger partial charge in [0.25, 0.3) is 5.91 Å². The Morgan fingerprint density at radius 2 is 1.79 bits per heavy atom. The standard InChI is InChI=1S/C14H15NO3S/c1-8-3-13(19-9(8)2)7-15-14(18)10-4-11(16)6-12(17)5-10/h3-6,16-17H,7H2,1-2H3,(H,15,18). The quantitative estimate of drug-likeness (QED) is 0.808. The van der Waals surface area contributed by atoms with Crippen molar-refractivity contribution < 1.29 is 15.0 Å². The molecular weight excluding hydrogens is 262 g/mol. The Morgan fingerprint density at radius 3 is 2.32 bits per heavy atom. The summed E-state index contributed by atoms with van der Waals surface area (Å²) in [5, 5.41) is 21.4. The zero-order valence-electron chi connectivity index (χ0n) is 10.7. The van der Waals surface area contributed by atoms with Crippen molar-refractivity contribution in [1.29, 1.82) is 0 Å². The maximum absolute atomic E-state index is 11.9. The second kappa shape index (κ2) is 5.32. The number of nitrogens with one attached hydrogen (secondary N) is 1. The minimum atomic E-state index is -0.324. The van der Waals surface area contributed by atoms with Crippen LogP contribution in [0.25, 0.3) is 0 Å². The Hall–Kier alpha value is -2.01. The van der Waals surface area contributed by atoms with Crippen molar-refractivity contribution >= 4 is 17.2 Å². The van der Waals surface area contributed by atoms with E-state index in [-0.39, 0.29) is 23.0 Å². The van der Waals surface area contributed by atoms with Gasteiger partial charge in [-0.1, -0.05) is 0 Å². The van der Waals surface area contributed by atoms with Crippen LogP contribution in [0.2, 0.25) is 0 Å². The summed E-state index contributed by atoms with van der Waals surface area (Å²) in [6, 6.07) is 5.86. The summed E-state index contributed by atoms with van der Waals surface area (Å²) in [5.74, 6) is -0.587. The molecule has 0 aliphatic rings. The van der Waals surface area contributed by atoms with Crippen LogP contribution in [-0.2, 0) is 6.54 Å². The van der Waals surface area contributed by atoms with Gasteiger partial charge in [-0.25, -0.2) is 0 Å². The van der Waals surface area contributed by atoms with Gasteiger partial charge >= 0.3 is 0 Å². The summed E-state index contributed by atoms with van der Waals surface area (Å²) >= 11 is 1.64. The molecule has 19 heavy (non-hydrogen) atoms. The second-order valence-electron chi connectivity index (χ2n) is 4.37. The molecule has 0 aliphatic carbocycles. The first kappa shape index (κ1) is 13.4. The Labute approximate surface area is 115 Å². The summed E-state index contributed by atoms with van der Waals surface area (Å²) in [6.07, 6.45) is 0. The highest BCUT2D eigenvalue weighted by Crippen LogP contribution is 2.22. The second-order valence-corrected chi connectivity index (χ2v) is 5.71. The average molecular weight is 277 g/mol. The summed E-state index contributed by atoms with van der Waals surface area (Å²) in [5.41, 5.74) is 1.45. The number of phenolic OH excluding ortho intramolecular Hbond substituents is 2. The molecule has 0 bridgehead atoms. The fourth-order valence-electron chi connectivity index (χ4n) is 1.73. The molecule has 0 fully saturated rings. The van der Waals surface area contributed by atoms with Crippen LogP contribution in [-0.4, -0.2) is 16.1 Å². The van der Waals surface area contributed by atoms with Crippen molar-refractivity contribution in [1.82, 2.24) is 5.32 Å². The molecule has 0 aliphatic heterocycles. The highest BCUT2D eigenvalue weighted by atomic mass is 32.1. The molecule has 2 aromatic rings. The van der Waals surface area contributed by atoms with Gasteiger partial charge < -0.3 is 15.5 Å². The van der Waals surface area contributed by atoms with Crippen LogP contribution in [0.15, 0.2) is 24.3 Å². The van der Waals surface area contributed by atoms with Crippen molar-refractivity contribution in [3.05, 3.63) is 45.1 Å². The monoisotopic (exact) mass is 277 g/mol. The highest BCUT2D eigenvalue weighted by Gasteiger charge is 2.09. The molecule has 1 amide bonds. The number of carbonyl (C=O) groups excluding carboxylic acids is 1.